The molecule has 3 amide bonds. The van der Waals surface area contributed by atoms with Crippen molar-refractivity contribution in [2.24, 2.45) is 0 Å². The minimum atomic E-state index is -3.26. The van der Waals surface area contributed by atoms with E-state index in [1.807, 2.05) is 0 Å². The zero-order valence-electron chi connectivity index (χ0n) is 12.9. The van der Waals surface area contributed by atoms with Gasteiger partial charge in [0.15, 0.2) is 9.84 Å². The molecule has 0 saturated carbocycles. The highest BCUT2D eigenvalue weighted by molar-refractivity contribution is 8.18. The zero-order valence-corrected chi connectivity index (χ0v) is 14.5. The number of carbonyl (C=O) groups excluding carboxylic acids is 3. The van der Waals surface area contributed by atoms with Gasteiger partial charge in [-0.2, -0.15) is 0 Å². The van der Waals surface area contributed by atoms with E-state index in [9.17, 15) is 22.8 Å². The summed E-state index contributed by atoms with van der Waals surface area (Å²) in [6.45, 7) is -0.0742. The van der Waals surface area contributed by atoms with E-state index in [2.05, 4.69) is 5.32 Å². The largest absolute Gasteiger partial charge is 0.465 e. The molecule has 3 heterocycles. The number of hydrogen-bond acceptors (Lipinski definition) is 7. The lowest BCUT2D eigenvalue weighted by Gasteiger charge is -2.14. The van der Waals surface area contributed by atoms with Crippen molar-refractivity contribution in [2.75, 3.05) is 12.3 Å². The van der Waals surface area contributed by atoms with E-state index < -0.39 is 32.9 Å². The number of furan rings is 1. The number of carbonyl (C=O) groups is 3. The summed E-state index contributed by atoms with van der Waals surface area (Å²) < 4.78 is 27.7. The van der Waals surface area contributed by atoms with E-state index >= 15 is 0 Å². The third-order valence-electron chi connectivity index (χ3n) is 3.53. The first-order valence-electron chi connectivity index (χ1n) is 7.33. The molecular weight excluding hydrogens is 368 g/mol. The van der Waals surface area contributed by atoms with Gasteiger partial charge in [-0.1, -0.05) is 0 Å². The van der Waals surface area contributed by atoms with Crippen molar-refractivity contribution in [1.82, 2.24) is 10.2 Å². The van der Waals surface area contributed by atoms with Crippen molar-refractivity contribution in [3.05, 3.63) is 40.5 Å². The third kappa shape index (κ3) is 4.20. The zero-order chi connectivity index (χ0) is 18.0. The molecule has 2 aliphatic rings. The van der Waals surface area contributed by atoms with Crippen LogP contribution in [0.3, 0.4) is 0 Å². The summed E-state index contributed by atoms with van der Waals surface area (Å²) in [6, 6.07) is 2.74. The molecule has 1 atom stereocenters. The second-order valence-electron chi connectivity index (χ2n) is 5.43. The molecule has 10 heteroatoms. The minimum absolute atomic E-state index is 0.0742. The molecule has 1 aromatic heterocycles. The average Bonchev–Trinajstić information content (AvgIpc) is 3.21. The lowest BCUT2D eigenvalue weighted by molar-refractivity contribution is -0.124. The van der Waals surface area contributed by atoms with Gasteiger partial charge in [0.25, 0.3) is 11.1 Å². The summed E-state index contributed by atoms with van der Waals surface area (Å²) in [4.78, 5) is 37.3. The molecule has 2 aliphatic heterocycles. The molecule has 1 fully saturated rings. The van der Waals surface area contributed by atoms with Crippen molar-refractivity contribution in [1.29, 1.82) is 0 Å². The van der Waals surface area contributed by atoms with Gasteiger partial charge in [-0.3, -0.25) is 19.3 Å². The maximum Gasteiger partial charge on any atom is 0.293 e. The van der Waals surface area contributed by atoms with Gasteiger partial charge < -0.3 is 9.73 Å². The summed E-state index contributed by atoms with van der Waals surface area (Å²) in [5, 5.41) is 3.15. The highest BCUT2D eigenvalue weighted by Gasteiger charge is 2.35. The number of hydrogen-bond donors (Lipinski definition) is 1. The van der Waals surface area contributed by atoms with Crippen LogP contribution in [0.2, 0.25) is 0 Å². The van der Waals surface area contributed by atoms with Crippen LogP contribution in [0.25, 0.3) is 6.08 Å². The molecule has 0 bridgehead atoms. The number of nitrogens with one attached hydrogen (secondary N) is 1. The first-order chi connectivity index (χ1) is 11.8. The fourth-order valence-electron chi connectivity index (χ4n) is 2.35. The first kappa shape index (κ1) is 17.5. The lowest BCUT2D eigenvalue weighted by atomic mass is 10.3. The molecule has 3 rings (SSSR count). The van der Waals surface area contributed by atoms with Gasteiger partial charge in [-0.05, 0) is 30.0 Å². The van der Waals surface area contributed by atoms with Crippen molar-refractivity contribution >= 4 is 44.7 Å². The summed E-state index contributed by atoms with van der Waals surface area (Å²) in [5.74, 6) is -0.632. The smallest absolute Gasteiger partial charge is 0.293 e. The Hall–Kier alpha value is -2.33. The monoisotopic (exact) mass is 382 g/mol. The van der Waals surface area contributed by atoms with Gasteiger partial charge >= 0.3 is 0 Å². The first-order valence-corrected chi connectivity index (χ1v) is 9.86. The molecule has 25 heavy (non-hydrogen) atoms. The topological polar surface area (TPSA) is 114 Å². The number of amides is 3. The fourth-order valence-corrected chi connectivity index (χ4v) is 4.43. The molecule has 0 aromatic carbocycles. The Balaban J connectivity index is 1.54. The predicted octanol–water partition coefficient (Wildman–Crippen LogP) is 1.13. The van der Waals surface area contributed by atoms with Crippen LogP contribution < -0.4 is 5.32 Å². The molecule has 0 radical (unpaired) electrons. The van der Waals surface area contributed by atoms with Gasteiger partial charge in [0.05, 0.1) is 23.0 Å². The van der Waals surface area contributed by atoms with E-state index in [1.165, 1.54) is 18.4 Å². The second kappa shape index (κ2) is 6.89. The van der Waals surface area contributed by atoms with Crippen molar-refractivity contribution < 1.29 is 27.2 Å². The lowest BCUT2D eigenvalue weighted by Crippen LogP contribution is -2.38. The van der Waals surface area contributed by atoms with Crippen LogP contribution in [0.15, 0.2) is 39.2 Å². The number of sulfone groups is 1. The summed E-state index contributed by atoms with van der Waals surface area (Å²) >= 11 is 0.781. The predicted molar refractivity (Wildman–Crippen MR) is 90.9 cm³/mol. The average molecular weight is 382 g/mol. The summed E-state index contributed by atoms with van der Waals surface area (Å²) in [6.07, 6.45) is 4.23. The Kier molecular flexibility index (Phi) is 4.82. The fraction of sp³-hybridized carbons (Fsp3) is 0.267. The quantitative estimate of drug-likeness (QED) is 0.759. The maximum atomic E-state index is 12.2. The Bertz CT molecular complexity index is 870. The normalized spacial score (nSPS) is 23.6. The summed E-state index contributed by atoms with van der Waals surface area (Å²) in [7, 11) is -3.26. The molecule has 132 valence electrons. The van der Waals surface area contributed by atoms with Crippen LogP contribution in [-0.2, 0) is 19.4 Å². The Labute approximate surface area is 147 Å². The molecule has 0 aliphatic carbocycles. The Morgan fingerprint density at radius 3 is 2.88 bits per heavy atom. The highest BCUT2D eigenvalue weighted by Crippen LogP contribution is 2.32. The van der Waals surface area contributed by atoms with Crippen molar-refractivity contribution in [3.63, 3.8) is 0 Å². The second-order valence-corrected chi connectivity index (χ2v) is 8.36. The van der Waals surface area contributed by atoms with Crippen molar-refractivity contribution in [3.8, 4) is 0 Å². The van der Waals surface area contributed by atoms with Crippen LogP contribution in [0, 0.1) is 0 Å². The number of nitrogens with zero attached hydrogens (tertiary/aromatic N) is 1. The molecule has 1 saturated heterocycles. The minimum Gasteiger partial charge on any atom is -0.465 e. The Morgan fingerprint density at radius 2 is 2.24 bits per heavy atom. The third-order valence-corrected chi connectivity index (χ3v) is 5.83. The van der Waals surface area contributed by atoms with Crippen LogP contribution >= 0.6 is 11.8 Å². The van der Waals surface area contributed by atoms with Crippen LogP contribution in [0.4, 0.5) is 4.79 Å². The van der Waals surface area contributed by atoms with Gasteiger partial charge in [-0.15, -0.1) is 0 Å². The van der Waals surface area contributed by atoms with Gasteiger partial charge in [-0.25, -0.2) is 8.42 Å². The van der Waals surface area contributed by atoms with E-state index in [1.54, 1.807) is 12.1 Å². The van der Waals surface area contributed by atoms with E-state index in [-0.39, 0.29) is 23.6 Å². The molecule has 1 N–H and O–H groups in total. The molecule has 0 unspecified atom stereocenters. The van der Waals surface area contributed by atoms with Gasteiger partial charge in [0.2, 0.25) is 5.91 Å². The molecular formula is C15H14N2O6S2. The van der Waals surface area contributed by atoms with Gasteiger partial charge in [0.1, 0.15) is 5.76 Å². The van der Waals surface area contributed by atoms with Crippen LogP contribution in [0.5, 0.6) is 0 Å². The van der Waals surface area contributed by atoms with E-state index in [4.69, 9.17) is 4.42 Å². The molecule has 1 aromatic rings. The number of imide groups is 1. The van der Waals surface area contributed by atoms with E-state index in [0.29, 0.717) is 5.76 Å². The van der Waals surface area contributed by atoms with E-state index in [0.717, 1.165) is 22.1 Å². The van der Waals surface area contributed by atoms with Crippen molar-refractivity contribution in [2.45, 2.75) is 12.5 Å². The Morgan fingerprint density at radius 1 is 1.44 bits per heavy atom. The van der Waals surface area contributed by atoms with Gasteiger partial charge in [0, 0.05) is 24.4 Å². The molecule has 0 spiro atoms. The van der Waals surface area contributed by atoms with Crippen LogP contribution in [-0.4, -0.2) is 48.7 Å². The SMILES string of the molecule is O=C(CCN1C(=O)S/C(=C\c2ccco2)C1=O)N[C@H]1C=CS(=O)(=O)C1. The summed E-state index contributed by atoms with van der Waals surface area (Å²) in [5.41, 5.74) is 0. The van der Waals surface area contributed by atoms with Crippen LogP contribution in [0.1, 0.15) is 12.2 Å². The molecule has 8 nitrogen and oxygen atoms in total. The highest BCUT2D eigenvalue weighted by atomic mass is 32.2. The number of rotatable bonds is 5. The number of thioether (sulfide) groups is 1. The standard InChI is InChI=1S/C15H14N2O6S2/c18-13(16-10-4-7-25(21,22)9-10)3-5-17-14(19)12(24-15(17)20)8-11-2-1-6-23-11/h1-2,4,6-8,10H,3,5,9H2,(H,16,18)/b12-8-/t10-/m0/s1. The maximum absolute atomic E-state index is 12.2.